The summed E-state index contributed by atoms with van der Waals surface area (Å²) < 4.78 is 5.70. The minimum absolute atomic E-state index is 0.186. The molecule has 0 aliphatic carbocycles. The van der Waals surface area contributed by atoms with Crippen molar-refractivity contribution in [1.82, 2.24) is 0 Å². The fourth-order valence-corrected chi connectivity index (χ4v) is 3.13. The number of methoxy groups -OCH3 is 1. The summed E-state index contributed by atoms with van der Waals surface area (Å²) in [5.74, 6) is -0.397. The van der Waals surface area contributed by atoms with Crippen molar-refractivity contribution in [3.63, 3.8) is 0 Å². The first-order valence-electron chi connectivity index (χ1n) is 6.62. The van der Waals surface area contributed by atoms with E-state index in [1.807, 2.05) is 6.07 Å². The first-order chi connectivity index (χ1) is 8.90. The van der Waals surface area contributed by atoms with Crippen molar-refractivity contribution in [1.29, 1.82) is 0 Å². The normalized spacial score (nSPS) is 25.6. The van der Waals surface area contributed by atoms with Crippen molar-refractivity contribution < 1.29 is 19.6 Å². The molecule has 0 radical (unpaired) electrons. The van der Waals surface area contributed by atoms with Crippen LogP contribution in [-0.4, -0.2) is 17.8 Å². The quantitative estimate of drug-likeness (QED) is 0.850. The van der Waals surface area contributed by atoms with Crippen LogP contribution in [-0.2, 0) is 20.3 Å². The van der Waals surface area contributed by atoms with Crippen molar-refractivity contribution in [2.24, 2.45) is 11.8 Å². The Morgan fingerprint density at radius 2 is 1.74 bits per heavy atom. The summed E-state index contributed by atoms with van der Waals surface area (Å²) in [6.07, 6.45) is 0. The van der Waals surface area contributed by atoms with E-state index < -0.39 is 11.4 Å². The average Bonchev–Trinajstić information content (AvgIpc) is 2.28. The molecule has 1 N–H and O–H groups in total. The number of phenols is 1. The van der Waals surface area contributed by atoms with Crippen LogP contribution in [0.25, 0.3) is 0 Å². The van der Waals surface area contributed by atoms with E-state index in [0.717, 1.165) is 5.56 Å². The second kappa shape index (κ2) is 4.78. The van der Waals surface area contributed by atoms with Crippen LogP contribution in [0.5, 0.6) is 5.75 Å². The summed E-state index contributed by atoms with van der Waals surface area (Å²) in [6, 6.07) is 6.94. The lowest BCUT2D eigenvalue weighted by Crippen LogP contribution is -2.70. The topological polar surface area (TPSA) is 47.9 Å². The van der Waals surface area contributed by atoms with Crippen LogP contribution in [0.1, 0.15) is 33.3 Å². The van der Waals surface area contributed by atoms with Gasteiger partial charge >= 0.3 is 0 Å². The van der Waals surface area contributed by atoms with E-state index in [4.69, 9.17) is 14.5 Å². The van der Waals surface area contributed by atoms with Crippen molar-refractivity contribution >= 4 is 0 Å². The van der Waals surface area contributed by atoms with Gasteiger partial charge in [-0.2, -0.15) is 4.89 Å². The van der Waals surface area contributed by atoms with Crippen LogP contribution in [0, 0.1) is 11.8 Å². The number of benzene rings is 1. The molecule has 0 amide bonds. The van der Waals surface area contributed by atoms with Crippen molar-refractivity contribution in [2.45, 2.75) is 39.1 Å². The van der Waals surface area contributed by atoms with Gasteiger partial charge in [0.15, 0.2) is 5.60 Å². The lowest BCUT2D eigenvalue weighted by molar-refractivity contribution is -0.634. The van der Waals surface area contributed by atoms with E-state index in [1.54, 1.807) is 25.3 Å². The minimum atomic E-state index is -0.978. The lowest BCUT2D eigenvalue weighted by Gasteiger charge is -2.59. The van der Waals surface area contributed by atoms with Gasteiger partial charge in [-0.3, -0.25) is 0 Å². The van der Waals surface area contributed by atoms with Gasteiger partial charge in [0.05, 0.1) is 0 Å². The largest absolute Gasteiger partial charge is 0.508 e. The highest BCUT2D eigenvalue weighted by Gasteiger charge is 2.69. The molecule has 1 saturated heterocycles. The Kier molecular flexibility index (Phi) is 3.60. The Morgan fingerprint density at radius 3 is 2.11 bits per heavy atom. The zero-order valence-corrected chi connectivity index (χ0v) is 12.1. The second-order valence-corrected chi connectivity index (χ2v) is 5.64. The summed E-state index contributed by atoms with van der Waals surface area (Å²) in [5, 5.41) is 9.69. The van der Waals surface area contributed by atoms with Gasteiger partial charge in [-0.15, -0.1) is 0 Å². The molecule has 1 heterocycles. The molecule has 0 aromatic heterocycles. The van der Waals surface area contributed by atoms with E-state index in [9.17, 15) is 5.11 Å². The zero-order chi connectivity index (χ0) is 14.3. The van der Waals surface area contributed by atoms with Gasteiger partial charge in [0.2, 0.25) is 0 Å². The highest BCUT2D eigenvalue weighted by Crippen LogP contribution is 2.56. The zero-order valence-electron chi connectivity index (χ0n) is 12.1. The Balaban J connectivity index is 2.54. The highest BCUT2D eigenvalue weighted by atomic mass is 17.3. The van der Waals surface area contributed by atoms with Crippen molar-refractivity contribution in [2.75, 3.05) is 7.11 Å². The van der Waals surface area contributed by atoms with Crippen molar-refractivity contribution in [3.8, 4) is 5.75 Å². The molecule has 1 aromatic carbocycles. The van der Waals surface area contributed by atoms with E-state index in [-0.39, 0.29) is 17.6 Å². The number of hydrogen-bond donors (Lipinski definition) is 1. The van der Waals surface area contributed by atoms with Gasteiger partial charge in [0.1, 0.15) is 5.75 Å². The Hall–Kier alpha value is -1.10. The molecule has 1 aromatic rings. The Morgan fingerprint density at radius 1 is 1.11 bits per heavy atom. The molecule has 4 nitrogen and oxygen atoms in total. The predicted molar refractivity (Wildman–Crippen MR) is 71.4 cm³/mol. The summed E-state index contributed by atoms with van der Waals surface area (Å²) in [4.78, 5) is 10.9. The maximum absolute atomic E-state index is 9.69. The fraction of sp³-hybridized carbons (Fsp3) is 0.600. The maximum Gasteiger partial charge on any atom is 0.260 e. The molecule has 106 valence electrons. The van der Waals surface area contributed by atoms with E-state index >= 15 is 0 Å². The SMILES string of the molecule is COC1(c2cccc(O)c2)OOC1(C(C)C)C(C)C. The van der Waals surface area contributed by atoms with Gasteiger partial charge < -0.3 is 9.84 Å². The maximum atomic E-state index is 9.69. The molecule has 0 spiro atoms. The van der Waals surface area contributed by atoms with E-state index in [1.165, 1.54) is 0 Å². The molecule has 0 bridgehead atoms. The average molecular weight is 266 g/mol. The van der Waals surface area contributed by atoms with Gasteiger partial charge in [-0.1, -0.05) is 39.8 Å². The van der Waals surface area contributed by atoms with E-state index in [0.29, 0.717) is 0 Å². The standard InChI is InChI=1S/C15H22O4/c1-10(2)14(11(3)4)15(17-5,19-18-14)12-7-6-8-13(16)9-12/h6-11,16H,1-5H3. The Labute approximate surface area is 114 Å². The molecule has 1 aliphatic rings. The lowest BCUT2D eigenvalue weighted by atomic mass is 9.70. The van der Waals surface area contributed by atoms with E-state index in [2.05, 4.69) is 27.7 Å². The monoisotopic (exact) mass is 266 g/mol. The van der Waals surface area contributed by atoms with Crippen LogP contribution >= 0.6 is 0 Å². The number of phenolic OH excluding ortho intramolecular Hbond substituents is 1. The van der Waals surface area contributed by atoms with Gasteiger partial charge in [0, 0.05) is 12.7 Å². The third-order valence-electron chi connectivity index (χ3n) is 4.04. The molecule has 1 atom stereocenters. The molecule has 1 unspecified atom stereocenters. The molecule has 1 fully saturated rings. The molecular formula is C15H22O4. The first-order valence-corrected chi connectivity index (χ1v) is 6.62. The fourth-order valence-electron chi connectivity index (χ4n) is 3.13. The molecular weight excluding hydrogens is 244 g/mol. The van der Waals surface area contributed by atoms with Gasteiger partial charge in [-0.25, -0.2) is 4.89 Å². The summed E-state index contributed by atoms with van der Waals surface area (Å²) in [6.45, 7) is 8.33. The summed E-state index contributed by atoms with van der Waals surface area (Å²) >= 11 is 0. The van der Waals surface area contributed by atoms with Crippen molar-refractivity contribution in [3.05, 3.63) is 29.8 Å². The second-order valence-electron chi connectivity index (χ2n) is 5.64. The van der Waals surface area contributed by atoms with Crippen LogP contribution < -0.4 is 0 Å². The Bertz CT molecular complexity index is 443. The molecule has 4 heteroatoms. The van der Waals surface area contributed by atoms with Crippen LogP contribution in [0.15, 0.2) is 24.3 Å². The van der Waals surface area contributed by atoms with Gasteiger partial charge in [-0.05, 0) is 24.0 Å². The van der Waals surface area contributed by atoms with Crippen LogP contribution in [0.4, 0.5) is 0 Å². The number of aromatic hydroxyl groups is 1. The first kappa shape index (κ1) is 14.3. The molecule has 1 aliphatic heterocycles. The molecule has 0 saturated carbocycles. The van der Waals surface area contributed by atoms with Crippen LogP contribution in [0.2, 0.25) is 0 Å². The number of ether oxygens (including phenoxy) is 1. The third kappa shape index (κ3) is 1.78. The smallest absolute Gasteiger partial charge is 0.260 e. The van der Waals surface area contributed by atoms with Crippen LogP contribution in [0.3, 0.4) is 0 Å². The minimum Gasteiger partial charge on any atom is -0.508 e. The summed E-state index contributed by atoms with van der Waals surface area (Å²) in [7, 11) is 1.60. The third-order valence-corrected chi connectivity index (χ3v) is 4.04. The molecule has 19 heavy (non-hydrogen) atoms. The molecule has 2 rings (SSSR count). The predicted octanol–water partition coefficient (Wildman–Crippen LogP) is 3.20. The summed E-state index contributed by atoms with van der Waals surface area (Å²) in [5.41, 5.74) is 0.193. The van der Waals surface area contributed by atoms with Gasteiger partial charge in [0.25, 0.3) is 5.79 Å². The highest BCUT2D eigenvalue weighted by molar-refractivity contribution is 5.33. The number of rotatable bonds is 4. The number of hydrogen-bond acceptors (Lipinski definition) is 4.